The quantitative estimate of drug-likeness (QED) is 0.558. The molecule has 0 bridgehead atoms. The van der Waals surface area contributed by atoms with E-state index in [-0.39, 0.29) is 10.8 Å². The van der Waals surface area contributed by atoms with Crippen molar-refractivity contribution in [2.75, 3.05) is 0 Å². The first-order valence-corrected chi connectivity index (χ1v) is 8.23. The molecular weight excluding hydrogens is 264 g/mol. The van der Waals surface area contributed by atoms with Gasteiger partial charge in [0.15, 0.2) is 0 Å². The lowest BCUT2D eigenvalue weighted by atomic mass is 9.75. The average molecular weight is 294 g/mol. The second-order valence-electron chi connectivity index (χ2n) is 8.56. The van der Waals surface area contributed by atoms with Crippen LogP contribution in [0, 0.1) is 13.8 Å². The number of rotatable bonds is 1. The van der Waals surface area contributed by atoms with Crippen molar-refractivity contribution in [2.24, 2.45) is 0 Å². The standard InChI is InChI=1S/C22H30/c1-15-9-11-17(12-10-15)18-13-19(21(3,4)5)16(2)20(14-18)22(6,7)8/h9-14H,1-8H3. The van der Waals surface area contributed by atoms with E-state index in [1.165, 1.54) is 33.4 Å². The second kappa shape index (κ2) is 5.57. The molecule has 0 saturated heterocycles. The maximum absolute atomic E-state index is 2.38. The van der Waals surface area contributed by atoms with Gasteiger partial charge in [0, 0.05) is 0 Å². The Morgan fingerprint density at radius 2 is 1.00 bits per heavy atom. The lowest BCUT2D eigenvalue weighted by Crippen LogP contribution is -2.19. The van der Waals surface area contributed by atoms with Gasteiger partial charge in [-0.15, -0.1) is 0 Å². The van der Waals surface area contributed by atoms with Crippen LogP contribution in [-0.2, 0) is 10.8 Å². The average Bonchev–Trinajstić information content (AvgIpc) is 2.37. The molecule has 0 nitrogen and oxygen atoms in total. The molecular formula is C22H30. The normalized spacial score (nSPS) is 12.5. The monoisotopic (exact) mass is 294 g/mol. The van der Waals surface area contributed by atoms with Crippen LogP contribution in [0.15, 0.2) is 36.4 Å². The Labute approximate surface area is 136 Å². The Bertz CT molecular complexity index is 624. The summed E-state index contributed by atoms with van der Waals surface area (Å²) in [4.78, 5) is 0. The largest absolute Gasteiger partial charge is 0.0587 e. The molecule has 0 radical (unpaired) electrons. The SMILES string of the molecule is Cc1ccc(-c2cc(C(C)(C)C)c(C)c(C(C)(C)C)c2)cc1. The molecule has 0 heterocycles. The molecule has 0 spiro atoms. The van der Waals surface area contributed by atoms with E-state index in [4.69, 9.17) is 0 Å². The van der Waals surface area contributed by atoms with Gasteiger partial charge in [-0.2, -0.15) is 0 Å². The first-order chi connectivity index (χ1) is 10.00. The highest BCUT2D eigenvalue weighted by molar-refractivity contribution is 5.68. The van der Waals surface area contributed by atoms with Gasteiger partial charge in [-0.3, -0.25) is 0 Å². The molecule has 0 aliphatic heterocycles. The Morgan fingerprint density at radius 1 is 0.591 bits per heavy atom. The van der Waals surface area contributed by atoms with Gasteiger partial charge in [-0.1, -0.05) is 83.5 Å². The minimum Gasteiger partial charge on any atom is -0.0587 e. The Kier molecular flexibility index (Phi) is 4.26. The van der Waals surface area contributed by atoms with Gasteiger partial charge < -0.3 is 0 Å². The third-order valence-electron chi connectivity index (χ3n) is 4.41. The molecule has 0 aliphatic rings. The molecule has 22 heavy (non-hydrogen) atoms. The fraction of sp³-hybridized carbons (Fsp3) is 0.455. The second-order valence-corrected chi connectivity index (χ2v) is 8.56. The van der Waals surface area contributed by atoms with Gasteiger partial charge in [0.1, 0.15) is 0 Å². The molecule has 0 saturated carbocycles. The van der Waals surface area contributed by atoms with Gasteiger partial charge in [-0.25, -0.2) is 0 Å². The molecule has 0 unspecified atom stereocenters. The van der Waals surface area contributed by atoms with E-state index in [0.717, 1.165) is 0 Å². The van der Waals surface area contributed by atoms with Crippen molar-refractivity contribution in [3.05, 3.63) is 58.7 Å². The molecule has 0 aromatic heterocycles. The third-order valence-corrected chi connectivity index (χ3v) is 4.41. The lowest BCUT2D eigenvalue weighted by Gasteiger charge is -2.30. The predicted molar refractivity (Wildman–Crippen MR) is 98.8 cm³/mol. The van der Waals surface area contributed by atoms with Crippen LogP contribution in [0.3, 0.4) is 0 Å². The van der Waals surface area contributed by atoms with Gasteiger partial charge >= 0.3 is 0 Å². The topological polar surface area (TPSA) is 0 Å². The minimum absolute atomic E-state index is 0.158. The summed E-state index contributed by atoms with van der Waals surface area (Å²) in [5.41, 5.74) is 8.61. The maximum atomic E-state index is 2.38. The van der Waals surface area contributed by atoms with Crippen molar-refractivity contribution < 1.29 is 0 Å². The highest BCUT2D eigenvalue weighted by Gasteiger charge is 2.24. The highest BCUT2D eigenvalue weighted by atomic mass is 14.3. The van der Waals surface area contributed by atoms with E-state index in [2.05, 4.69) is 91.8 Å². The molecule has 118 valence electrons. The van der Waals surface area contributed by atoms with E-state index < -0.39 is 0 Å². The maximum Gasteiger partial charge on any atom is -0.0129 e. The molecule has 0 aliphatic carbocycles. The Balaban J connectivity index is 2.73. The molecule has 2 aromatic carbocycles. The molecule has 0 fully saturated rings. The van der Waals surface area contributed by atoms with Crippen LogP contribution in [0.25, 0.3) is 11.1 Å². The van der Waals surface area contributed by atoms with Crippen molar-refractivity contribution in [3.8, 4) is 11.1 Å². The summed E-state index contributed by atoms with van der Waals surface area (Å²) >= 11 is 0. The van der Waals surface area contributed by atoms with E-state index >= 15 is 0 Å². The van der Waals surface area contributed by atoms with E-state index in [9.17, 15) is 0 Å². The fourth-order valence-electron chi connectivity index (χ4n) is 3.18. The van der Waals surface area contributed by atoms with Crippen LogP contribution >= 0.6 is 0 Å². The van der Waals surface area contributed by atoms with E-state index in [0.29, 0.717) is 0 Å². The van der Waals surface area contributed by atoms with Crippen molar-refractivity contribution in [1.82, 2.24) is 0 Å². The van der Waals surface area contributed by atoms with Crippen molar-refractivity contribution in [2.45, 2.75) is 66.2 Å². The number of aryl methyl sites for hydroxylation is 1. The zero-order valence-electron chi connectivity index (χ0n) is 15.5. The highest BCUT2D eigenvalue weighted by Crippen LogP contribution is 2.37. The summed E-state index contributed by atoms with van der Waals surface area (Å²) in [5.74, 6) is 0. The molecule has 2 aromatic rings. The van der Waals surface area contributed by atoms with Crippen LogP contribution in [0.1, 0.15) is 63.8 Å². The number of hydrogen-bond acceptors (Lipinski definition) is 0. The van der Waals surface area contributed by atoms with Gasteiger partial charge in [0.05, 0.1) is 0 Å². The summed E-state index contributed by atoms with van der Waals surface area (Å²) in [5, 5.41) is 0. The third kappa shape index (κ3) is 3.43. The Morgan fingerprint density at radius 3 is 1.36 bits per heavy atom. The van der Waals surface area contributed by atoms with E-state index in [1.54, 1.807) is 0 Å². The van der Waals surface area contributed by atoms with Crippen LogP contribution in [0.2, 0.25) is 0 Å². The molecule has 0 amide bonds. The molecule has 0 N–H and O–H groups in total. The van der Waals surface area contributed by atoms with Gasteiger partial charge in [-0.05, 0) is 52.5 Å². The van der Waals surface area contributed by atoms with Crippen LogP contribution < -0.4 is 0 Å². The number of hydrogen-bond donors (Lipinski definition) is 0. The molecule has 0 atom stereocenters. The minimum atomic E-state index is 0.158. The summed E-state index contributed by atoms with van der Waals surface area (Å²) in [6, 6.07) is 13.6. The summed E-state index contributed by atoms with van der Waals surface area (Å²) < 4.78 is 0. The zero-order chi connectivity index (χ0) is 16.7. The molecule has 0 heteroatoms. The summed E-state index contributed by atoms with van der Waals surface area (Å²) in [7, 11) is 0. The fourth-order valence-corrected chi connectivity index (χ4v) is 3.18. The van der Waals surface area contributed by atoms with Gasteiger partial charge in [0.2, 0.25) is 0 Å². The summed E-state index contributed by atoms with van der Waals surface area (Å²) in [6.07, 6.45) is 0. The predicted octanol–water partition coefficient (Wildman–Crippen LogP) is 6.57. The van der Waals surface area contributed by atoms with Crippen LogP contribution in [-0.4, -0.2) is 0 Å². The van der Waals surface area contributed by atoms with Crippen LogP contribution in [0.5, 0.6) is 0 Å². The molecule has 2 rings (SSSR count). The smallest absolute Gasteiger partial charge is 0.0129 e. The van der Waals surface area contributed by atoms with Crippen molar-refractivity contribution in [1.29, 1.82) is 0 Å². The lowest BCUT2D eigenvalue weighted by molar-refractivity contribution is 0.561. The van der Waals surface area contributed by atoms with E-state index in [1.807, 2.05) is 0 Å². The van der Waals surface area contributed by atoms with Crippen molar-refractivity contribution in [3.63, 3.8) is 0 Å². The van der Waals surface area contributed by atoms with Gasteiger partial charge in [0.25, 0.3) is 0 Å². The summed E-state index contributed by atoms with van der Waals surface area (Å²) in [6.45, 7) is 18.3. The van der Waals surface area contributed by atoms with Crippen LogP contribution in [0.4, 0.5) is 0 Å². The van der Waals surface area contributed by atoms with Crippen molar-refractivity contribution >= 4 is 0 Å². The number of benzene rings is 2. The first kappa shape index (κ1) is 16.8. The zero-order valence-corrected chi connectivity index (χ0v) is 15.5. The Hall–Kier alpha value is -1.56. The first-order valence-electron chi connectivity index (χ1n) is 8.23.